The van der Waals surface area contributed by atoms with Gasteiger partial charge in [-0.25, -0.2) is 0 Å². The third-order valence-corrected chi connectivity index (χ3v) is 17.9. The van der Waals surface area contributed by atoms with E-state index in [1.165, 1.54) is 366 Å². The Balaban J connectivity index is 3.34. The van der Waals surface area contributed by atoms with E-state index in [-0.39, 0.29) is 18.5 Å². The van der Waals surface area contributed by atoms with Crippen LogP contribution in [0.1, 0.15) is 438 Å². The number of hydrogen-bond donors (Lipinski definition) is 3. The van der Waals surface area contributed by atoms with E-state index >= 15 is 0 Å². The molecule has 0 bridgehead atoms. The average Bonchev–Trinajstić information content (AvgIpc) is 3.46. The highest BCUT2D eigenvalue weighted by Crippen LogP contribution is 2.20. The monoisotopic (exact) mass is 1130 g/mol. The minimum absolute atomic E-state index is 0.0215. The van der Waals surface area contributed by atoms with Crippen molar-refractivity contribution in [2.75, 3.05) is 13.2 Å². The van der Waals surface area contributed by atoms with Gasteiger partial charge in [-0.05, 0) is 25.7 Å². The molecule has 0 fully saturated rings. The van der Waals surface area contributed by atoms with E-state index in [4.69, 9.17) is 4.74 Å². The van der Waals surface area contributed by atoms with Crippen molar-refractivity contribution >= 4 is 11.9 Å². The number of nitrogens with one attached hydrogen (secondary N) is 1. The Bertz CT molecular complexity index is 1160. The molecule has 0 aromatic carbocycles. The van der Waals surface area contributed by atoms with Crippen LogP contribution < -0.4 is 5.32 Å². The van der Waals surface area contributed by atoms with Gasteiger partial charge in [0.1, 0.15) is 0 Å². The largest absolute Gasteiger partial charge is 0.466 e. The number of unbranched alkanes of at least 4 members (excludes halogenated alkanes) is 60. The fraction of sp³-hybridized carbons (Fsp3) is 0.973. The van der Waals surface area contributed by atoms with Crippen LogP contribution in [0.4, 0.5) is 0 Å². The summed E-state index contributed by atoms with van der Waals surface area (Å²) in [6.07, 6.45) is 85.9. The fourth-order valence-electron chi connectivity index (χ4n) is 12.2. The SMILES string of the molecule is CCCCCCCCCCCCCCCCCCCCCCCCC(O)C(CO)NC(=O)CCCCCCCCCCCCCCCCCCCCCCCCCCCOC(=O)CCCCCCCCCCCCCCCCCC. The van der Waals surface area contributed by atoms with Crippen molar-refractivity contribution in [1.29, 1.82) is 0 Å². The lowest BCUT2D eigenvalue weighted by Crippen LogP contribution is -2.45. The Morgan fingerprint density at radius 2 is 0.512 bits per heavy atom. The Morgan fingerprint density at radius 1 is 0.300 bits per heavy atom. The highest BCUT2D eigenvalue weighted by Gasteiger charge is 2.20. The molecule has 1 amide bonds. The number of amides is 1. The summed E-state index contributed by atoms with van der Waals surface area (Å²) in [5, 5.41) is 23.4. The van der Waals surface area contributed by atoms with Crippen LogP contribution in [0.3, 0.4) is 0 Å². The molecule has 3 N–H and O–H groups in total. The maximum atomic E-state index is 12.6. The summed E-state index contributed by atoms with van der Waals surface area (Å²) in [6.45, 7) is 5.01. The smallest absolute Gasteiger partial charge is 0.305 e. The molecular formula is C74H147NO5. The highest BCUT2D eigenvalue weighted by molar-refractivity contribution is 5.76. The molecule has 0 radical (unpaired) electrons. The van der Waals surface area contributed by atoms with E-state index in [1.54, 1.807) is 0 Å². The van der Waals surface area contributed by atoms with Gasteiger partial charge < -0.3 is 20.3 Å². The number of carbonyl (C=O) groups is 2. The van der Waals surface area contributed by atoms with Gasteiger partial charge in [0.2, 0.25) is 5.91 Å². The third kappa shape index (κ3) is 66.0. The molecule has 0 rings (SSSR count). The number of ether oxygens (including phenoxy) is 1. The normalized spacial score (nSPS) is 12.4. The van der Waals surface area contributed by atoms with Gasteiger partial charge in [0.15, 0.2) is 0 Å². The van der Waals surface area contributed by atoms with Crippen LogP contribution in [0, 0.1) is 0 Å². The summed E-state index contributed by atoms with van der Waals surface area (Å²) in [5.74, 6) is -0.00573. The number of esters is 1. The molecule has 6 nitrogen and oxygen atoms in total. The van der Waals surface area contributed by atoms with E-state index in [0.29, 0.717) is 25.9 Å². The molecule has 0 aliphatic rings. The lowest BCUT2D eigenvalue weighted by atomic mass is 10.0. The molecular weight excluding hydrogens is 983 g/mol. The van der Waals surface area contributed by atoms with Crippen molar-refractivity contribution in [2.45, 2.75) is 450 Å². The first-order valence-corrected chi connectivity index (χ1v) is 37.3. The standard InChI is InChI=1S/C74H147NO5/c1-3-5-7-9-11-13-15-17-19-21-22-23-29-32-35-38-42-46-50-54-58-62-66-72(77)71(70-76)75-73(78)67-63-59-55-51-47-43-39-36-33-30-27-25-24-26-28-31-34-37-41-45-49-53-57-61-65-69-80-74(79)68-64-60-56-52-48-44-40-20-18-16-14-12-10-8-6-4-2/h71-72,76-77H,3-70H2,1-2H3,(H,75,78). The lowest BCUT2D eigenvalue weighted by molar-refractivity contribution is -0.143. The van der Waals surface area contributed by atoms with Crippen molar-refractivity contribution in [1.82, 2.24) is 5.32 Å². The predicted molar refractivity (Wildman–Crippen MR) is 352 cm³/mol. The Kier molecular flexibility index (Phi) is 69.3. The first kappa shape index (κ1) is 78.9. The van der Waals surface area contributed by atoms with Crippen LogP contribution in [0.25, 0.3) is 0 Å². The van der Waals surface area contributed by atoms with E-state index in [9.17, 15) is 19.8 Å². The predicted octanol–water partition coefficient (Wildman–Crippen LogP) is 24.2. The van der Waals surface area contributed by atoms with Gasteiger partial charge >= 0.3 is 5.97 Å². The van der Waals surface area contributed by atoms with Gasteiger partial charge in [-0.1, -0.05) is 399 Å². The summed E-state index contributed by atoms with van der Waals surface area (Å²) >= 11 is 0. The molecule has 6 heteroatoms. The summed E-state index contributed by atoms with van der Waals surface area (Å²) in [5.41, 5.74) is 0. The molecule has 0 spiro atoms. The Labute approximate surface area is 502 Å². The van der Waals surface area contributed by atoms with Crippen LogP contribution in [-0.4, -0.2) is 47.4 Å². The molecule has 2 atom stereocenters. The van der Waals surface area contributed by atoms with Crippen LogP contribution in [0.5, 0.6) is 0 Å². The Morgan fingerprint density at radius 3 is 0.762 bits per heavy atom. The van der Waals surface area contributed by atoms with Crippen molar-refractivity contribution in [3.05, 3.63) is 0 Å². The van der Waals surface area contributed by atoms with Crippen molar-refractivity contribution in [2.24, 2.45) is 0 Å². The quantitative estimate of drug-likeness (QED) is 0.0417. The topological polar surface area (TPSA) is 95.9 Å². The van der Waals surface area contributed by atoms with E-state index in [1.807, 2.05) is 0 Å². The number of aliphatic hydroxyl groups is 2. The van der Waals surface area contributed by atoms with Gasteiger partial charge in [-0.3, -0.25) is 9.59 Å². The zero-order valence-electron chi connectivity index (χ0n) is 54.9. The third-order valence-electron chi connectivity index (χ3n) is 17.9. The summed E-state index contributed by atoms with van der Waals surface area (Å²) in [6, 6.07) is -0.540. The molecule has 0 aliphatic heterocycles. The van der Waals surface area contributed by atoms with Crippen LogP contribution in [-0.2, 0) is 14.3 Å². The number of carbonyl (C=O) groups excluding carboxylic acids is 2. The van der Waals surface area contributed by atoms with Crippen molar-refractivity contribution in [3.63, 3.8) is 0 Å². The van der Waals surface area contributed by atoms with E-state index in [2.05, 4.69) is 19.2 Å². The van der Waals surface area contributed by atoms with E-state index in [0.717, 1.165) is 38.5 Å². The molecule has 80 heavy (non-hydrogen) atoms. The second kappa shape index (κ2) is 70.3. The first-order chi connectivity index (χ1) is 39.5. The second-order valence-electron chi connectivity index (χ2n) is 26.0. The molecule has 2 unspecified atom stereocenters. The second-order valence-corrected chi connectivity index (χ2v) is 26.0. The van der Waals surface area contributed by atoms with E-state index < -0.39 is 12.1 Å². The van der Waals surface area contributed by atoms with Gasteiger partial charge in [-0.2, -0.15) is 0 Å². The summed E-state index contributed by atoms with van der Waals surface area (Å²) in [7, 11) is 0. The van der Waals surface area contributed by atoms with Crippen LogP contribution in [0.2, 0.25) is 0 Å². The fourth-order valence-corrected chi connectivity index (χ4v) is 12.2. The van der Waals surface area contributed by atoms with Crippen LogP contribution >= 0.6 is 0 Å². The summed E-state index contributed by atoms with van der Waals surface area (Å²) in [4.78, 5) is 24.7. The van der Waals surface area contributed by atoms with Gasteiger partial charge in [0, 0.05) is 12.8 Å². The van der Waals surface area contributed by atoms with Crippen molar-refractivity contribution < 1.29 is 24.5 Å². The minimum atomic E-state index is -0.663. The van der Waals surface area contributed by atoms with Crippen LogP contribution in [0.15, 0.2) is 0 Å². The maximum absolute atomic E-state index is 12.6. The Hall–Kier alpha value is -1.14. The number of aliphatic hydroxyl groups excluding tert-OH is 2. The molecule has 0 heterocycles. The average molecular weight is 1130 g/mol. The maximum Gasteiger partial charge on any atom is 0.305 e. The van der Waals surface area contributed by atoms with Crippen molar-refractivity contribution in [3.8, 4) is 0 Å². The lowest BCUT2D eigenvalue weighted by Gasteiger charge is -2.22. The zero-order chi connectivity index (χ0) is 57.8. The minimum Gasteiger partial charge on any atom is -0.466 e. The first-order valence-electron chi connectivity index (χ1n) is 37.3. The molecule has 0 aliphatic carbocycles. The molecule has 0 aromatic heterocycles. The zero-order valence-corrected chi connectivity index (χ0v) is 54.9. The molecule has 0 saturated heterocycles. The van der Waals surface area contributed by atoms with Gasteiger partial charge in [-0.15, -0.1) is 0 Å². The van der Waals surface area contributed by atoms with Gasteiger partial charge in [0.05, 0.1) is 25.4 Å². The molecule has 0 saturated carbocycles. The molecule has 478 valence electrons. The molecule has 0 aromatic rings. The summed E-state index contributed by atoms with van der Waals surface area (Å²) < 4.78 is 5.51. The van der Waals surface area contributed by atoms with Gasteiger partial charge in [0.25, 0.3) is 0 Å². The number of rotatable bonds is 71. The number of hydrogen-bond acceptors (Lipinski definition) is 5. The highest BCUT2D eigenvalue weighted by atomic mass is 16.5.